The molecule has 0 spiro atoms. The van der Waals surface area contributed by atoms with Crippen LogP contribution in [0, 0.1) is 13.8 Å². The molecule has 4 heteroatoms. The van der Waals surface area contributed by atoms with E-state index in [4.69, 9.17) is 0 Å². The Hall–Kier alpha value is -2.98. The lowest BCUT2D eigenvalue weighted by atomic mass is 10.1. The van der Waals surface area contributed by atoms with Crippen LogP contribution in [-0.2, 0) is 0 Å². The molecule has 0 aliphatic carbocycles. The normalized spacial score (nSPS) is 10.8. The quantitative estimate of drug-likeness (QED) is 0.500. The second-order valence-corrected chi connectivity index (χ2v) is 7.21. The zero-order chi connectivity index (χ0) is 18.1. The van der Waals surface area contributed by atoms with Gasteiger partial charge in [0.1, 0.15) is 0 Å². The fourth-order valence-corrected chi connectivity index (χ4v) is 3.58. The monoisotopic (exact) mass is 358 g/mol. The maximum Gasteiger partial charge on any atom is 0.257 e. The molecule has 0 atom stereocenters. The standard InChI is InChI=1S/C22H18N2OS/c1-14-7-8-18(11-15(14)2)20-13-26-22(23-20)24-21(25)19-10-9-16-5-3-4-6-17(16)12-19/h3-13H,1-2H3,(H,23,24,25). The van der Waals surface area contributed by atoms with E-state index in [0.717, 1.165) is 22.0 Å². The van der Waals surface area contributed by atoms with E-state index in [1.54, 1.807) is 0 Å². The van der Waals surface area contributed by atoms with Crippen LogP contribution in [-0.4, -0.2) is 10.9 Å². The number of aromatic nitrogens is 1. The van der Waals surface area contributed by atoms with Crippen molar-refractivity contribution in [2.75, 3.05) is 5.32 Å². The number of hydrogen-bond donors (Lipinski definition) is 1. The number of amides is 1. The Balaban J connectivity index is 1.56. The smallest absolute Gasteiger partial charge is 0.257 e. The van der Waals surface area contributed by atoms with Gasteiger partial charge in [0.25, 0.3) is 5.91 Å². The number of carbonyl (C=O) groups is 1. The third-order valence-electron chi connectivity index (χ3n) is 4.54. The van der Waals surface area contributed by atoms with Crippen molar-refractivity contribution < 1.29 is 4.79 Å². The summed E-state index contributed by atoms with van der Waals surface area (Å²) in [5.41, 5.74) is 5.07. The molecular formula is C22H18N2OS. The van der Waals surface area contributed by atoms with Gasteiger partial charge in [-0.25, -0.2) is 4.98 Å². The minimum absolute atomic E-state index is 0.142. The van der Waals surface area contributed by atoms with Crippen LogP contribution in [0.5, 0.6) is 0 Å². The molecule has 1 amide bonds. The summed E-state index contributed by atoms with van der Waals surface area (Å²) in [4.78, 5) is 17.1. The molecule has 26 heavy (non-hydrogen) atoms. The largest absolute Gasteiger partial charge is 0.298 e. The zero-order valence-corrected chi connectivity index (χ0v) is 15.4. The maximum absolute atomic E-state index is 12.6. The molecule has 0 saturated carbocycles. The zero-order valence-electron chi connectivity index (χ0n) is 14.6. The summed E-state index contributed by atoms with van der Waals surface area (Å²) in [6.45, 7) is 4.18. The van der Waals surface area contributed by atoms with Crippen molar-refractivity contribution in [1.29, 1.82) is 0 Å². The Kier molecular flexibility index (Phi) is 4.27. The third-order valence-corrected chi connectivity index (χ3v) is 5.30. The van der Waals surface area contributed by atoms with Crippen molar-refractivity contribution in [2.24, 2.45) is 0 Å². The number of thiazole rings is 1. The van der Waals surface area contributed by atoms with E-state index in [2.05, 4.69) is 42.3 Å². The Morgan fingerprint density at radius 1 is 0.923 bits per heavy atom. The average molecular weight is 358 g/mol. The van der Waals surface area contributed by atoms with Gasteiger partial charge in [0, 0.05) is 16.5 Å². The van der Waals surface area contributed by atoms with Gasteiger partial charge in [-0.1, -0.05) is 42.5 Å². The summed E-state index contributed by atoms with van der Waals surface area (Å²) < 4.78 is 0. The number of nitrogens with one attached hydrogen (secondary N) is 1. The summed E-state index contributed by atoms with van der Waals surface area (Å²) in [6, 6.07) is 20.0. The van der Waals surface area contributed by atoms with Crippen LogP contribution in [0.1, 0.15) is 21.5 Å². The first-order chi connectivity index (χ1) is 12.6. The SMILES string of the molecule is Cc1ccc(-c2csc(NC(=O)c3ccc4ccccc4c3)n2)cc1C. The highest BCUT2D eigenvalue weighted by atomic mass is 32.1. The molecule has 1 heterocycles. The summed E-state index contributed by atoms with van der Waals surface area (Å²) in [7, 11) is 0. The van der Waals surface area contributed by atoms with Crippen molar-refractivity contribution in [3.63, 3.8) is 0 Å². The maximum atomic E-state index is 12.6. The van der Waals surface area contributed by atoms with Crippen LogP contribution in [0.3, 0.4) is 0 Å². The Labute approximate surface area is 156 Å². The number of anilines is 1. The average Bonchev–Trinajstić information content (AvgIpc) is 3.12. The van der Waals surface area contributed by atoms with E-state index in [0.29, 0.717) is 10.7 Å². The molecule has 3 aromatic carbocycles. The van der Waals surface area contributed by atoms with Crippen LogP contribution in [0.2, 0.25) is 0 Å². The van der Waals surface area contributed by atoms with Crippen LogP contribution < -0.4 is 5.32 Å². The Morgan fingerprint density at radius 2 is 1.73 bits per heavy atom. The lowest BCUT2D eigenvalue weighted by Crippen LogP contribution is -2.11. The van der Waals surface area contributed by atoms with Crippen LogP contribution >= 0.6 is 11.3 Å². The van der Waals surface area contributed by atoms with Crippen LogP contribution in [0.15, 0.2) is 66.0 Å². The number of carbonyl (C=O) groups excluding carboxylic acids is 1. The molecule has 4 aromatic rings. The first-order valence-electron chi connectivity index (χ1n) is 8.43. The fraction of sp³-hybridized carbons (Fsp3) is 0.0909. The molecule has 1 aromatic heterocycles. The van der Waals surface area contributed by atoms with Gasteiger partial charge in [-0.05, 0) is 53.9 Å². The highest BCUT2D eigenvalue weighted by Gasteiger charge is 2.11. The van der Waals surface area contributed by atoms with Gasteiger partial charge < -0.3 is 0 Å². The van der Waals surface area contributed by atoms with Crippen LogP contribution in [0.25, 0.3) is 22.0 Å². The van der Waals surface area contributed by atoms with Crippen molar-refractivity contribution >= 4 is 33.1 Å². The summed E-state index contributed by atoms with van der Waals surface area (Å²) >= 11 is 1.44. The predicted octanol–water partition coefficient (Wildman–Crippen LogP) is 5.83. The van der Waals surface area contributed by atoms with Gasteiger partial charge in [0.2, 0.25) is 0 Å². The molecule has 0 saturated heterocycles. The minimum atomic E-state index is -0.142. The minimum Gasteiger partial charge on any atom is -0.298 e. The molecule has 0 fully saturated rings. The number of benzene rings is 3. The van der Waals surface area contributed by atoms with Gasteiger partial charge in [0.15, 0.2) is 5.13 Å². The summed E-state index contributed by atoms with van der Waals surface area (Å²) in [5, 5.41) is 7.66. The highest BCUT2D eigenvalue weighted by molar-refractivity contribution is 7.14. The summed E-state index contributed by atoms with van der Waals surface area (Å²) in [6.07, 6.45) is 0. The number of fused-ring (bicyclic) bond motifs is 1. The highest BCUT2D eigenvalue weighted by Crippen LogP contribution is 2.27. The molecule has 0 aliphatic heterocycles. The number of nitrogens with zero attached hydrogens (tertiary/aromatic N) is 1. The van der Waals surface area contributed by atoms with Crippen molar-refractivity contribution in [1.82, 2.24) is 4.98 Å². The molecule has 0 aliphatic rings. The number of rotatable bonds is 3. The first kappa shape index (κ1) is 16.5. The predicted molar refractivity (Wildman–Crippen MR) is 109 cm³/mol. The number of hydrogen-bond acceptors (Lipinski definition) is 3. The first-order valence-corrected chi connectivity index (χ1v) is 9.31. The third kappa shape index (κ3) is 3.24. The molecule has 0 unspecified atom stereocenters. The Morgan fingerprint density at radius 3 is 2.54 bits per heavy atom. The van der Waals surface area contributed by atoms with Crippen LogP contribution in [0.4, 0.5) is 5.13 Å². The summed E-state index contributed by atoms with van der Waals surface area (Å²) in [5.74, 6) is -0.142. The lowest BCUT2D eigenvalue weighted by molar-refractivity contribution is 0.102. The van der Waals surface area contributed by atoms with E-state index >= 15 is 0 Å². The van der Waals surface area contributed by atoms with E-state index in [9.17, 15) is 4.79 Å². The molecule has 0 bridgehead atoms. The van der Waals surface area contributed by atoms with Crippen molar-refractivity contribution in [2.45, 2.75) is 13.8 Å². The van der Waals surface area contributed by atoms with Gasteiger partial charge in [-0.2, -0.15) is 0 Å². The second-order valence-electron chi connectivity index (χ2n) is 6.35. The van der Waals surface area contributed by atoms with E-state index in [-0.39, 0.29) is 5.91 Å². The Bertz CT molecular complexity index is 1110. The van der Waals surface area contributed by atoms with Gasteiger partial charge in [0.05, 0.1) is 5.69 Å². The van der Waals surface area contributed by atoms with Gasteiger partial charge in [-0.3, -0.25) is 10.1 Å². The van der Waals surface area contributed by atoms with Gasteiger partial charge in [-0.15, -0.1) is 11.3 Å². The molecule has 128 valence electrons. The molecule has 4 rings (SSSR count). The molecule has 1 N–H and O–H groups in total. The van der Waals surface area contributed by atoms with Crippen molar-refractivity contribution in [3.8, 4) is 11.3 Å². The lowest BCUT2D eigenvalue weighted by Gasteiger charge is -2.04. The van der Waals surface area contributed by atoms with E-state index in [1.165, 1.54) is 22.5 Å². The van der Waals surface area contributed by atoms with Gasteiger partial charge >= 0.3 is 0 Å². The molecular weight excluding hydrogens is 340 g/mol. The molecule has 3 nitrogen and oxygen atoms in total. The topological polar surface area (TPSA) is 42.0 Å². The second kappa shape index (κ2) is 6.73. The molecule has 0 radical (unpaired) electrons. The fourth-order valence-electron chi connectivity index (χ4n) is 2.86. The van der Waals surface area contributed by atoms with E-state index < -0.39 is 0 Å². The van der Waals surface area contributed by atoms with Crippen molar-refractivity contribution in [3.05, 3.63) is 82.7 Å². The number of aryl methyl sites for hydroxylation is 2. The van der Waals surface area contributed by atoms with E-state index in [1.807, 2.05) is 47.8 Å².